The van der Waals surface area contributed by atoms with Gasteiger partial charge in [-0.3, -0.25) is 4.90 Å². The van der Waals surface area contributed by atoms with Gasteiger partial charge in [-0.15, -0.1) is 0 Å². The molecule has 0 aliphatic carbocycles. The Bertz CT molecular complexity index is 340. The van der Waals surface area contributed by atoms with Crippen molar-refractivity contribution in [3.8, 4) is 5.75 Å². The van der Waals surface area contributed by atoms with Gasteiger partial charge < -0.3 is 10.1 Å². The fourth-order valence-corrected chi connectivity index (χ4v) is 2.12. The fraction of sp³-hybridized carbons (Fsp3) is 0.538. The van der Waals surface area contributed by atoms with Crippen LogP contribution in [0.2, 0.25) is 0 Å². The van der Waals surface area contributed by atoms with Crippen molar-refractivity contribution in [2.75, 3.05) is 26.7 Å². The number of benzene rings is 1. The summed E-state index contributed by atoms with van der Waals surface area (Å²) in [5.74, 6) is 0.945. The minimum Gasteiger partial charge on any atom is -0.497 e. The molecule has 0 aromatic heterocycles. The maximum absolute atomic E-state index is 5.24. The van der Waals surface area contributed by atoms with Crippen LogP contribution in [0.4, 0.5) is 0 Å². The molecule has 1 aromatic rings. The largest absolute Gasteiger partial charge is 0.497 e. The highest BCUT2D eigenvalue weighted by atomic mass is 16.5. The van der Waals surface area contributed by atoms with Gasteiger partial charge in [-0.05, 0) is 24.6 Å². The van der Waals surface area contributed by atoms with Crippen molar-refractivity contribution in [2.24, 2.45) is 0 Å². The molecule has 1 atom stereocenters. The van der Waals surface area contributed by atoms with Crippen LogP contribution in [0.1, 0.15) is 12.5 Å². The van der Waals surface area contributed by atoms with E-state index in [1.807, 2.05) is 6.07 Å². The first-order valence-electron chi connectivity index (χ1n) is 5.87. The first-order valence-corrected chi connectivity index (χ1v) is 5.87. The quantitative estimate of drug-likeness (QED) is 0.835. The highest BCUT2D eigenvalue weighted by molar-refractivity contribution is 5.28. The minimum absolute atomic E-state index is 0.611. The average Bonchev–Trinajstić information content (AvgIpc) is 2.32. The summed E-state index contributed by atoms with van der Waals surface area (Å²) in [6.07, 6.45) is 0. The predicted octanol–water partition coefficient (Wildman–Crippen LogP) is 1.49. The number of methoxy groups -OCH3 is 1. The molecule has 0 unspecified atom stereocenters. The Morgan fingerprint density at radius 1 is 1.50 bits per heavy atom. The van der Waals surface area contributed by atoms with Crippen molar-refractivity contribution < 1.29 is 4.74 Å². The van der Waals surface area contributed by atoms with Gasteiger partial charge in [0.05, 0.1) is 7.11 Å². The molecule has 1 saturated heterocycles. The van der Waals surface area contributed by atoms with Gasteiger partial charge in [0.1, 0.15) is 5.75 Å². The normalized spacial score (nSPS) is 22.0. The van der Waals surface area contributed by atoms with Gasteiger partial charge in [0.15, 0.2) is 0 Å². The van der Waals surface area contributed by atoms with Gasteiger partial charge >= 0.3 is 0 Å². The molecule has 1 fully saturated rings. The van der Waals surface area contributed by atoms with E-state index in [1.165, 1.54) is 5.56 Å². The average molecular weight is 220 g/mol. The van der Waals surface area contributed by atoms with E-state index >= 15 is 0 Å². The lowest BCUT2D eigenvalue weighted by molar-refractivity contribution is 0.165. The Balaban J connectivity index is 2.01. The summed E-state index contributed by atoms with van der Waals surface area (Å²) in [5.41, 5.74) is 1.33. The molecule has 0 amide bonds. The van der Waals surface area contributed by atoms with Crippen LogP contribution in [-0.4, -0.2) is 37.7 Å². The molecule has 3 heteroatoms. The maximum atomic E-state index is 5.24. The minimum atomic E-state index is 0.611. The lowest BCUT2D eigenvalue weighted by Gasteiger charge is -2.33. The molecule has 1 heterocycles. The van der Waals surface area contributed by atoms with Crippen LogP contribution >= 0.6 is 0 Å². The van der Waals surface area contributed by atoms with Crippen molar-refractivity contribution in [1.29, 1.82) is 0 Å². The van der Waals surface area contributed by atoms with Gasteiger partial charge in [0.25, 0.3) is 0 Å². The highest BCUT2D eigenvalue weighted by Crippen LogP contribution is 2.15. The van der Waals surface area contributed by atoms with E-state index < -0.39 is 0 Å². The Morgan fingerprint density at radius 2 is 2.38 bits per heavy atom. The summed E-state index contributed by atoms with van der Waals surface area (Å²) >= 11 is 0. The van der Waals surface area contributed by atoms with Gasteiger partial charge in [0, 0.05) is 32.2 Å². The van der Waals surface area contributed by atoms with Gasteiger partial charge in [-0.25, -0.2) is 0 Å². The molecule has 2 rings (SSSR count). The van der Waals surface area contributed by atoms with Crippen molar-refractivity contribution in [2.45, 2.75) is 19.5 Å². The zero-order chi connectivity index (χ0) is 11.4. The first-order chi connectivity index (χ1) is 7.79. The number of piperazine rings is 1. The Labute approximate surface area is 97.4 Å². The number of nitrogens with one attached hydrogen (secondary N) is 1. The zero-order valence-electron chi connectivity index (χ0n) is 10.1. The SMILES string of the molecule is COc1cccc(CN2CCNC[C@H]2C)c1. The topological polar surface area (TPSA) is 24.5 Å². The van der Waals surface area contributed by atoms with Crippen LogP contribution in [0, 0.1) is 0 Å². The zero-order valence-corrected chi connectivity index (χ0v) is 10.1. The fourth-order valence-electron chi connectivity index (χ4n) is 2.12. The van der Waals surface area contributed by atoms with Crippen LogP contribution in [0.3, 0.4) is 0 Å². The molecular weight excluding hydrogens is 200 g/mol. The Kier molecular flexibility index (Phi) is 3.80. The number of hydrogen-bond donors (Lipinski definition) is 1. The van der Waals surface area contributed by atoms with E-state index in [1.54, 1.807) is 7.11 Å². The lowest BCUT2D eigenvalue weighted by atomic mass is 10.1. The summed E-state index contributed by atoms with van der Waals surface area (Å²) < 4.78 is 5.24. The van der Waals surface area contributed by atoms with Crippen molar-refractivity contribution in [1.82, 2.24) is 10.2 Å². The van der Waals surface area contributed by atoms with Crippen LogP contribution in [0.15, 0.2) is 24.3 Å². The second-order valence-electron chi connectivity index (χ2n) is 4.38. The number of ether oxygens (including phenoxy) is 1. The molecule has 88 valence electrons. The third-order valence-corrected chi connectivity index (χ3v) is 3.16. The lowest BCUT2D eigenvalue weighted by Crippen LogP contribution is -2.49. The smallest absolute Gasteiger partial charge is 0.119 e. The molecule has 1 aromatic carbocycles. The monoisotopic (exact) mass is 220 g/mol. The highest BCUT2D eigenvalue weighted by Gasteiger charge is 2.17. The molecule has 0 radical (unpaired) electrons. The summed E-state index contributed by atoms with van der Waals surface area (Å²) in [4.78, 5) is 2.51. The number of hydrogen-bond acceptors (Lipinski definition) is 3. The van der Waals surface area contributed by atoms with Crippen molar-refractivity contribution in [3.05, 3.63) is 29.8 Å². The number of nitrogens with zero attached hydrogens (tertiary/aromatic N) is 1. The van der Waals surface area contributed by atoms with E-state index in [9.17, 15) is 0 Å². The van der Waals surface area contributed by atoms with Gasteiger partial charge in [-0.1, -0.05) is 12.1 Å². The standard InChI is InChI=1S/C13H20N2O/c1-11-9-14-6-7-15(11)10-12-4-3-5-13(8-12)16-2/h3-5,8,11,14H,6-7,9-10H2,1-2H3/t11-/m1/s1. The molecule has 0 spiro atoms. The van der Waals surface area contributed by atoms with Gasteiger partial charge in [0.2, 0.25) is 0 Å². The number of rotatable bonds is 3. The maximum Gasteiger partial charge on any atom is 0.119 e. The molecule has 3 nitrogen and oxygen atoms in total. The molecule has 1 N–H and O–H groups in total. The first kappa shape index (κ1) is 11.4. The van der Waals surface area contributed by atoms with E-state index in [0.717, 1.165) is 31.9 Å². The second kappa shape index (κ2) is 5.32. The molecule has 0 bridgehead atoms. The molecule has 1 aliphatic heterocycles. The second-order valence-corrected chi connectivity index (χ2v) is 4.38. The third-order valence-electron chi connectivity index (χ3n) is 3.16. The summed E-state index contributed by atoms with van der Waals surface area (Å²) in [7, 11) is 1.71. The molecule has 16 heavy (non-hydrogen) atoms. The van der Waals surface area contributed by atoms with Crippen molar-refractivity contribution >= 4 is 0 Å². The van der Waals surface area contributed by atoms with Crippen LogP contribution in [0.25, 0.3) is 0 Å². The Morgan fingerprint density at radius 3 is 3.12 bits per heavy atom. The van der Waals surface area contributed by atoms with Crippen molar-refractivity contribution in [3.63, 3.8) is 0 Å². The van der Waals surface area contributed by atoms with E-state index in [2.05, 4.69) is 35.3 Å². The molecule has 1 aliphatic rings. The molecule has 0 saturated carbocycles. The van der Waals surface area contributed by atoms with Crippen LogP contribution in [-0.2, 0) is 6.54 Å². The van der Waals surface area contributed by atoms with Gasteiger partial charge in [-0.2, -0.15) is 0 Å². The molecular formula is C13H20N2O. The van der Waals surface area contributed by atoms with Crippen LogP contribution in [0.5, 0.6) is 5.75 Å². The summed E-state index contributed by atoms with van der Waals surface area (Å²) in [6, 6.07) is 8.94. The van der Waals surface area contributed by atoms with E-state index in [-0.39, 0.29) is 0 Å². The Hall–Kier alpha value is -1.06. The van der Waals surface area contributed by atoms with E-state index in [0.29, 0.717) is 6.04 Å². The summed E-state index contributed by atoms with van der Waals surface area (Å²) in [6.45, 7) is 6.59. The van der Waals surface area contributed by atoms with Crippen LogP contribution < -0.4 is 10.1 Å². The third kappa shape index (κ3) is 2.74. The van der Waals surface area contributed by atoms with E-state index in [4.69, 9.17) is 4.74 Å². The summed E-state index contributed by atoms with van der Waals surface area (Å²) in [5, 5.41) is 3.41. The predicted molar refractivity (Wildman–Crippen MR) is 65.7 cm³/mol.